The molecule has 1 aliphatic heterocycles. The monoisotopic (exact) mass is 262 g/mol. The maximum Gasteiger partial charge on any atom is 0.432 e. The van der Waals surface area contributed by atoms with Crippen molar-refractivity contribution in [3.05, 3.63) is 17.5 Å². The second-order valence-electron chi connectivity index (χ2n) is 4.27. The number of rotatable bonds is 1. The van der Waals surface area contributed by atoms with Crippen molar-refractivity contribution in [2.75, 3.05) is 19.6 Å². The highest BCUT2D eigenvalue weighted by Gasteiger charge is 2.34. The van der Waals surface area contributed by atoms with Crippen LogP contribution < -0.4 is 5.32 Å². The number of amides is 1. The number of halogens is 3. The lowest BCUT2D eigenvalue weighted by Crippen LogP contribution is -2.51. The molecular formula is C10H13F3N4O. The summed E-state index contributed by atoms with van der Waals surface area (Å²) >= 11 is 0. The highest BCUT2D eigenvalue weighted by Crippen LogP contribution is 2.27. The topological polar surface area (TPSA) is 61.0 Å². The maximum absolute atomic E-state index is 12.4. The summed E-state index contributed by atoms with van der Waals surface area (Å²) in [7, 11) is 0. The molecule has 2 rings (SSSR count). The van der Waals surface area contributed by atoms with Crippen LogP contribution >= 0.6 is 0 Å². The third-order valence-electron chi connectivity index (χ3n) is 2.76. The van der Waals surface area contributed by atoms with Gasteiger partial charge in [-0.25, -0.2) is 0 Å². The summed E-state index contributed by atoms with van der Waals surface area (Å²) in [4.78, 5) is 13.4. The van der Waals surface area contributed by atoms with E-state index < -0.39 is 17.8 Å². The fourth-order valence-corrected chi connectivity index (χ4v) is 1.86. The number of hydrogen-bond acceptors (Lipinski definition) is 3. The lowest BCUT2D eigenvalue weighted by atomic mass is 10.2. The van der Waals surface area contributed by atoms with Crippen molar-refractivity contribution in [2.24, 2.45) is 0 Å². The molecule has 1 saturated heterocycles. The van der Waals surface area contributed by atoms with Gasteiger partial charge in [-0.05, 0) is 6.92 Å². The Morgan fingerprint density at radius 3 is 2.83 bits per heavy atom. The second-order valence-corrected chi connectivity index (χ2v) is 4.27. The number of alkyl halides is 3. The van der Waals surface area contributed by atoms with Crippen LogP contribution in [0, 0.1) is 0 Å². The van der Waals surface area contributed by atoms with Crippen LogP contribution in [0.25, 0.3) is 0 Å². The molecule has 0 unspecified atom stereocenters. The van der Waals surface area contributed by atoms with Gasteiger partial charge in [-0.2, -0.15) is 18.3 Å². The van der Waals surface area contributed by atoms with E-state index >= 15 is 0 Å². The van der Waals surface area contributed by atoms with E-state index in [1.165, 1.54) is 4.90 Å². The number of carbonyl (C=O) groups excluding carboxylic acids is 1. The number of aromatic amines is 1. The number of nitrogens with zero attached hydrogens (tertiary/aromatic N) is 2. The van der Waals surface area contributed by atoms with Crippen LogP contribution in [-0.4, -0.2) is 46.7 Å². The van der Waals surface area contributed by atoms with E-state index in [1.54, 1.807) is 0 Å². The summed E-state index contributed by atoms with van der Waals surface area (Å²) in [6, 6.07) is 0.874. The zero-order valence-electron chi connectivity index (χ0n) is 9.71. The molecule has 8 heteroatoms. The van der Waals surface area contributed by atoms with E-state index in [-0.39, 0.29) is 11.7 Å². The standard InChI is InChI=1S/C10H13F3N4O/c1-6-5-17(3-2-14-6)9(18)7-4-8(16-15-7)10(11,12)13/h4,6,14H,2-3,5H2,1H3,(H,15,16)/t6-/m0/s1. The number of hydrogen-bond donors (Lipinski definition) is 2. The molecule has 1 atom stereocenters. The number of carbonyl (C=O) groups is 1. The minimum Gasteiger partial charge on any atom is -0.334 e. The van der Waals surface area contributed by atoms with Gasteiger partial charge >= 0.3 is 6.18 Å². The van der Waals surface area contributed by atoms with Gasteiger partial charge in [-0.3, -0.25) is 9.89 Å². The minimum atomic E-state index is -4.51. The normalized spacial score (nSPS) is 21.1. The molecule has 1 aromatic rings. The lowest BCUT2D eigenvalue weighted by Gasteiger charge is -2.31. The predicted molar refractivity (Wildman–Crippen MR) is 57.0 cm³/mol. The zero-order chi connectivity index (χ0) is 13.3. The molecule has 5 nitrogen and oxygen atoms in total. The summed E-state index contributed by atoms with van der Waals surface area (Å²) in [5, 5.41) is 8.41. The van der Waals surface area contributed by atoms with Crippen molar-refractivity contribution >= 4 is 5.91 Å². The minimum absolute atomic E-state index is 0.128. The molecule has 18 heavy (non-hydrogen) atoms. The molecule has 0 radical (unpaired) electrons. The Morgan fingerprint density at radius 1 is 1.56 bits per heavy atom. The highest BCUT2D eigenvalue weighted by atomic mass is 19.4. The van der Waals surface area contributed by atoms with E-state index in [2.05, 4.69) is 10.4 Å². The predicted octanol–water partition coefficient (Wildman–Crippen LogP) is 0.862. The summed E-state index contributed by atoms with van der Waals surface area (Å²) in [6.45, 7) is 3.47. The van der Waals surface area contributed by atoms with Crippen molar-refractivity contribution < 1.29 is 18.0 Å². The molecule has 1 amide bonds. The second kappa shape index (κ2) is 4.60. The van der Waals surface area contributed by atoms with Gasteiger partial charge in [0.05, 0.1) is 0 Å². The van der Waals surface area contributed by atoms with E-state index in [0.717, 1.165) is 6.07 Å². The molecule has 0 saturated carbocycles. The Morgan fingerprint density at radius 2 is 2.28 bits per heavy atom. The van der Waals surface area contributed by atoms with Crippen LogP contribution in [0.15, 0.2) is 6.07 Å². The van der Waals surface area contributed by atoms with Gasteiger partial charge < -0.3 is 10.2 Å². The Balaban J connectivity index is 2.11. The molecule has 0 aromatic carbocycles. The van der Waals surface area contributed by atoms with Crippen LogP contribution in [0.1, 0.15) is 23.1 Å². The molecule has 2 heterocycles. The van der Waals surface area contributed by atoms with Crippen molar-refractivity contribution in [3.8, 4) is 0 Å². The van der Waals surface area contributed by atoms with Gasteiger partial charge in [0.1, 0.15) is 5.69 Å². The number of piperazine rings is 1. The van der Waals surface area contributed by atoms with Gasteiger partial charge in [0, 0.05) is 31.7 Å². The molecule has 1 fully saturated rings. The summed E-state index contributed by atoms with van der Waals surface area (Å²) in [5.41, 5.74) is -1.20. The first kappa shape index (κ1) is 12.9. The lowest BCUT2D eigenvalue weighted by molar-refractivity contribution is -0.141. The maximum atomic E-state index is 12.4. The molecule has 1 aliphatic rings. The molecular weight excluding hydrogens is 249 g/mol. The highest BCUT2D eigenvalue weighted by molar-refractivity contribution is 5.92. The molecule has 100 valence electrons. The molecule has 0 bridgehead atoms. The Kier molecular flexibility index (Phi) is 3.29. The summed E-state index contributed by atoms with van der Waals surface area (Å²) in [5.74, 6) is -0.477. The average Bonchev–Trinajstić information content (AvgIpc) is 2.77. The average molecular weight is 262 g/mol. The molecule has 0 spiro atoms. The first-order valence-corrected chi connectivity index (χ1v) is 5.53. The third-order valence-corrected chi connectivity index (χ3v) is 2.76. The van der Waals surface area contributed by atoms with Crippen molar-refractivity contribution in [1.29, 1.82) is 0 Å². The third kappa shape index (κ3) is 2.63. The quantitative estimate of drug-likeness (QED) is 0.789. The Hall–Kier alpha value is -1.57. The van der Waals surface area contributed by atoms with E-state index in [0.29, 0.717) is 19.6 Å². The van der Waals surface area contributed by atoms with Gasteiger partial charge in [0.2, 0.25) is 0 Å². The summed E-state index contributed by atoms with van der Waals surface area (Å²) in [6.07, 6.45) is -4.51. The van der Waals surface area contributed by atoms with Gasteiger partial charge in [0.15, 0.2) is 5.69 Å². The SMILES string of the molecule is C[C@H]1CN(C(=O)c2cc(C(F)(F)F)[nH]n2)CCN1. The van der Waals surface area contributed by atoms with E-state index in [1.807, 2.05) is 12.0 Å². The first-order valence-electron chi connectivity index (χ1n) is 5.53. The fraction of sp³-hybridized carbons (Fsp3) is 0.600. The smallest absolute Gasteiger partial charge is 0.334 e. The fourth-order valence-electron chi connectivity index (χ4n) is 1.86. The van der Waals surface area contributed by atoms with Crippen LogP contribution in [-0.2, 0) is 6.18 Å². The molecule has 1 aromatic heterocycles. The van der Waals surface area contributed by atoms with Crippen LogP contribution in [0.3, 0.4) is 0 Å². The van der Waals surface area contributed by atoms with E-state index in [9.17, 15) is 18.0 Å². The Labute approximate surface area is 101 Å². The van der Waals surface area contributed by atoms with Crippen molar-refractivity contribution in [3.63, 3.8) is 0 Å². The van der Waals surface area contributed by atoms with E-state index in [4.69, 9.17) is 0 Å². The first-order chi connectivity index (χ1) is 8.38. The van der Waals surface area contributed by atoms with Gasteiger partial charge in [0.25, 0.3) is 5.91 Å². The largest absolute Gasteiger partial charge is 0.432 e. The van der Waals surface area contributed by atoms with Gasteiger partial charge in [-0.15, -0.1) is 0 Å². The number of H-pyrrole nitrogens is 1. The number of aromatic nitrogens is 2. The number of nitrogens with one attached hydrogen (secondary N) is 2. The van der Waals surface area contributed by atoms with Crippen LogP contribution in [0.2, 0.25) is 0 Å². The van der Waals surface area contributed by atoms with Crippen molar-refractivity contribution in [2.45, 2.75) is 19.1 Å². The molecule has 0 aliphatic carbocycles. The summed E-state index contributed by atoms with van der Waals surface area (Å²) < 4.78 is 37.1. The molecule has 2 N–H and O–H groups in total. The zero-order valence-corrected chi connectivity index (χ0v) is 9.71. The van der Waals surface area contributed by atoms with Gasteiger partial charge in [-0.1, -0.05) is 0 Å². The Bertz CT molecular complexity index is 443. The van der Waals surface area contributed by atoms with Crippen LogP contribution in [0.5, 0.6) is 0 Å². The van der Waals surface area contributed by atoms with Crippen LogP contribution in [0.4, 0.5) is 13.2 Å². The van der Waals surface area contributed by atoms with Crippen molar-refractivity contribution in [1.82, 2.24) is 20.4 Å².